The Morgan fingerprint density at radius 1 is 1.35 bits per heavy atom. The predicted octanol–water partition coefficient (Wildman–Crippen LogP) is 2.81. The van der Waals surface area contributed by atoms with Crippen LogP contribution in [0.1, 0.15) is 31.2 Å². The van der Waals surface area contributed by atoms with E-state index in [1.54, 1.807) is 0 Å². The average molecular weight is 242 g/mol. The topological polar surface area (TPSA) is 29.5 Å². The lowest BCUT2D eigenvalue weighted by atomic mass is 9.80. The van der Waals surface area contributed by atoms with E-state index in [-0.39, 0.29) is 11.8 Å². The van der Waals surface area contributed by atoms with Gasteiger partial charge in [-0.1, -0.05) is 19.4 Å². The van der Waals surface area contributed by atoms with Crippen molar-refractivity contribution in [2.45, 2.75) is 32.0 Å². The molecule has 1 aromatic carbocycles. The lowest BCUT2D eigenvalue weighted by Gasteiger charge is -2.35. The highest BCUT2D eigenvalue weighted by molar-refractivity contribution is 5.23. The van der Waals surface area contributed by atoms with Gasteiger partial charge in [0.2, 0.25) is 0 Å². The second-order valence-electron chi connectivity index (χ2n) is 4.42. The highest BCUT2D eigenvalue weighted by Crippen LogP contribution is 2.37. The fourth-order valence-electron chi connectivity index (χ4n) is 2.47. The highest BCUT2D eigenvalue weighted by Gasteiger charge is 2.33. The van der Waals surface area contributed by atoms with Gasteiger partial charge >= 0.3 is 0 Å². The second-order valence-corrected chi connectivity index (χ2v) is 4.42. The molecular weight excluding hydrogens is 226 g/mol. The molecule has 3 atom stereocenters. The van der Waals surface area contributed by atoms with Crippen LogP contribution in [0.4, 0.5) is 8.78 Å². The van der Waals surface area contributed by atoms with E-state index in [1.165, 1.54) is 6.07 Å². The van der Waals surface area contributed by atoms with Gasteiger partial charge in [-0.05, 0) is 30.0 Å². The van der Waals surface area contributed by atoms with Gasteiger partial charge in [-0.2, -0.15) is 0 Å². The average Bonchev–Trinajstić information content (AvgIpc) is 2.32. The number of ether oxygens (including phenoxy) is 1. The van der Waals surface area contributed by atoms with Crippen LogP contribution < -0.4 is 0 Å². The first kappa shape index (κ1) is 12.5. The number of rotatable bonds is 2. The standard InChI is InChI=1S/C13H16F2O2/c1-2-8-5-6-17-13(16)12(8)9-3-4-10(14)11(15)7-9/h3-4,7-8,12-13,16H,2,5-6H2,1H3. The van der Waals surface area contributed by atoms with Crippen molar-refractivity contribution < 1.29 is 18.6 Å². The summed E-state index contributed by atoms with van der Waals surface area (Å²) in [6.07, 6.45) is 0.778. The number of benzene rings is 1. The molecule has 1 N–H and O–H groups in total. The summed E-state index contributed by atoms with van der Waals surface area (Å²) in [7, 11) is 0. The van der Waals surface area contributed by atoms with Crippen LogP contribution in [0.3, 0.4) is 0 Å². The summed E-state index contributed by atoms with van der Waals surface area (Å²) in [6, 6.07) is 3.77. The van der Waals surface area contributed by atoms with Gasteiger partial charge in [0.25, 0.3) is 0 Å². The van der Waals surface area contributed by atoms with E-state index in [9.17, 15) is 13.9 Å². The molecule has 0 aliphatic carbocycles. The van der Waals surface area contributed by atoms with Gasteiger partial charge in [0, 0.05) is 5.92 Å². The van der Waals surface area contributed by atoms with Gasteiger partial charge < -0.3 is 9.84 Å². The summed E-state index contributed by atoms with van der Waals surface area (Å²) in [5, 5.41) is 9.85. The number of aliphatic hydroxyl groups is 1. The smallest absolute Gasteiger partial charge is 0.161 e. The minimum Gasteiger partial charge on any atom is -0.367 e. The third-order valence-electron chi connectivity index (χ3n) is 3.45. The van der Waals surface area contributed by atoms with Gasteiger partial charge in [-0.15, -0.1) is 0 Å². The predicted molar refractivity (Wildman–Crippen MR) is 59.5 cm³/mol. The summed E-state index contributed by atoms with van der Waals surface area (Å²) >= 11 is 0. The van der Waals surface area contributed by atoms with Crippen molar-refractivity contribution >= 4 is 0 Å². The van der Waals surface area contributed by atoms with Crippen LogP contribution in [0.15, 0.2) is 18.2 Å². The zero-order chi connectivity index (χ0) is 12.4. The number of hydrogen-bond acceptors (Lipinski definition) is 2. The molecule has 0 spiro atoms. The summed E-state index contributed by atoms with van der Waals surface area (Å²) < 4.78 is 31.3. The van der Waals surface area contributed by atoms with Crippen molar-refractivity contribution in [1.82, 2.24) is 0 Å². The Bertz CT molecular complexity index is 395. The Morgan fingerprint density at radius 2 is 2.12 bits per heavy atom. The van der Waals surface area contributed by atoms with Crippen molar-refractivity contribution in [2.75, 3.05) is 6.61 Å². The van der Waals surface area contributed by atoms with Gasteiger partial charge in [-0.25, -0.2) is 8.78 Å². The van der Waals surface area contributed by atoms with Crippen molar-refractivity contribution in [3.63, 3.8) is 0 Å². The fraction of sp³-hybridized carbons (Fsp3) is 0.538. The lowest BCUT2D eigenvalue weighted by molar-refractivity contribution is -0.154. The Kier molecular flexibility index (Phi) is 3.74. The fourth-order valence-corrected chi connectivity index (χ4v) is 2.47. The minimum absolute atomic E-state index is 0.239. The Hall–Kier alpha value is -1.00. The van der Waals surface area contributed by atoms with E-state index in [0.29, 0.717) is 12.2 Å². The Labute approximate surface area is 99.2 Å². The molecule has 1 aromatic rings. The number of hydrogen-bond donors (Lipinski definition) is 1. The largest absolute Gasteiger partial charge is 0.367 e. The molecular formula is C13H16F2O2. The zero-order valence-corrected chi connectivity index (χ0v) is 9.70. The molecule has 2 rings (SSSR count). The van der Waals surface area contributed by atoms with Crippen LogP contribution in [0.5, 0.6) is 0 Å². The summed E-state index contributed by atoms with van der Waals surface area (Å²) in [4.78, 5) is 0. The maximum absolute atomic E-state index is 13.2. The normalized spacial score (nSPS) is 29.3. The highest BCUT2D eigenvalue weighted by atomic mass is 19.2. The van der Waals surface area contributed by atoms with Crippen LogP contribution in [0.2, 0.25) is 0 Å². The molecule has 0 radical (unpaired) electrons. The quantitative estimate of drug-likeness (QED) is 0.864. The summed E-state index contributed by atoms with van der Waals surface area (Å²) in [5.74, 6) is -1.78. The summed E-state index contributed by atoms with van der Waals surface area (Å²) in [5.41, 5.74) is 0.600. The molecule has 0 amide bonds. The first-order valence-corrected chi connectivity index (χ1v) is 5.88. The lowest BCUT2D eigenvalue weighted by Crippen LogP contribution is -2.34. The molecule has 2 nitrogen and oxygen atoms in total. The van der Waals surface area contributed by atoms with E-state index >= 15 is 0 Å². The molecule has 1 aliphatic heterocycles. The van der Waals surface area contributed by atoms with Crippen LogP contribution in [-0.2, 0) is 4.74 Å². The van der Waals surface area contributed by atoms with Crippen LogP contribution in [0, 0.1) is 17.6 Å². The van der Waals surface area contributed by atoms with Gasteiger partial charge in [-0.3, -0.25) is 0 Å². The zero-order valence-electron chi connectivity index (χ0n) is 9.70. The van der Waals surface area contributed by atoms with Gasteiger partial charge in [0.15, 0.2) is 17.9 Å². The third-order valence-corrected chi connectivity index (χ3v) is 3.45. The molecule has 0 saturated carbocycles. The van der Waals surface area contributed by atoms with E-state index in [0.717, 1.165) is 25.0 Å². The molecule has 1 saturated heterocycles. The molecule has 0 aromatic heterocycles. The first-order chi connectivity index (χ1) is 8.13. The molecule has 0 bridgehead atoms. The monoisotopic (exact) mass is 242 g/mol. The molecule has 1 fully saturated rings. The van der Waals surface area contributed by atoms with Crippen molar-refractivity contribution in [3.8, 4) is 0 Å². The van der Waals surface area contributed by atoms with Crippen molar-refractivity contribution in [2.24, 2.45) is 5.92 Å². The molecule has 1 heterocycles. The second kappa shape index (κ2) is 5.10. The third kappa shape index (κ3) is 2.48. The number of aliphatic hydroxyl groups excluding tert-OH is 1. The maximum atomic E-state index is 13.2. The number of halogens is 2. The Balaban J connectivity index is 2.31. The molecule has 4 heteroatoms. The van der Waals surface area contributed by atoms with Crippen molar-refractivity contribution in [3.05, 3.63) is 35.4 Å². The summed E-state index contributed by atoms with van der Waals surface area (Å²) in [6.45, 7) is 2.54. The van der Waals surface area contributed by atoms with Crippen LogP contribution in [-0.4, -0.2) is 18.0 Å². The molecule has 94 valence electrons. The maximum Gasteiger partial charge on any atom is 0.161 e. The molecule has 3 unspecified atom stereocenters. The minimum atomic E-state index is -0.932. The van der Waals surface area contributed by atoms with Gasteiger partial charge in [0.1, 0.15) is 0 Å². The van der Waals surface area contributed by atoms with E-state index in [2.05, 4.69) is 0 Å². The SMILES string of the molecule is CCC1CCOC(O)C1c1ccc(F)c(F)c1. The van der Waals surface area contributed by atoms with Crippen LogP contribution >= 0.6 is 0 Å². The Morgan fingerprint density at radius 3 is 2.76 bits per heavy atom. The van der Waals surface area contributed by atoms with Crippen molar-refractivity contribution in [1.29, 1.82) is 0 Å². The first-order valence-electron chi connectivity index (χ1n) is 5.88. The van der Waals surface area contributed by atoms with Gasteiger partial charge in [0.05, 0.1) is 6.61 Å². The molecule has 1 aliphatic rings. The molecule has 17 heavy (non-hydrogen) atoms. The van der Waals surface area contributed by atoms with E-state index < -0.39 is 17.9 Å². The van der Waals surface area contributed by atoms with Crippen LogP contribution in [0.25, 0.3) is 0 Å². The van der Waals surface area contributed by atoms with E-state index in [1.807, 2.05) is 6.92 Å². The van der Waals surface area contributed by atoms with E-state index in [4.69, 9.17) is 4.74 Å².